The SMILES string of the molecule is CO[C@@H]1CN(c2nc(C(=O)O)cc3nccn23)[C@H]2COC[C@@H]12. The van der Waals surface area contributed by atoms with E-state index in [1.54, 1.807) is 23.9 Å². The van der Waals surface area contributed by atoms with Gasteiger partial charge in [-0.3, -0.25) is 4.40 Å². The predicted molar refractivity (Wildman–Crippen MR) is 76.2 cm³/mol. The van der Waals surface area contributed by atoms with E-state index in [1.165, 1.54) is 6.07 Å². The van der Waals surface area contributed by atoms with Crippen molar-refractivity contribution in [2.45, 2.75) is 12.1 Å². The molecule has 0 unspecified atom stereocenters. The molecular weight excluding hydrogens is 288 g/mol. The van der Waals surface area contributed by atoms with Gasteiger partial charge in [0.25, 0.3) is 0 Å². The van der Waals surface area contributed by atoms with Crippen LogP contribution in [0.2, 0.25) is 0 Å². The van der Waals surface area contributed by atoms with Crippen LogP contribution in [0.15, 0.2) is 18.5 Å². The molecule has 2 aliphatic heterocycles. The summed E-state index contributed by atoms with van der Waals surface area (Å²) in [6.45, 7) is 1.92. The first-order valence-corrected chi connectivity index (χ1v) is 7.13. The Morgan fingerprint density at radius 1 is 1.50 bits per heavy atom. The Bertz CT molecular complexity index is 731. The van der Waals surface area contributed by atoms with Gasteiger partial charge < -0.3 is 19.5 Å². The van der Waals surface area contributed by atoms with Crippen LogP contribution in [0.4, 0.5) is 5.95 Å². The highest BCUT2D eigenvalue weighted by molar-refractivity contribution is 5.87. The molecule has 2 aromatic rings. The monoisotopic (exact) mass is 304 g/mol. The van der Waals surface area contributed by atoms with E-state index < -0.39 is 5.97 Å². The van der Waals surface area contributed by atoms with Crippen molar-refractivity contribution in [3.63, 3.8) is 0 Å². The van der Waals surface area contributed by atoms with E-state index in [9.17, 15) is 9.90 Å². The van der Waals surface area contributed by atoms with Gasteiger partial charge in [0.1, 0.15) is 5.65 Å². The maximum absolute atomic E-state index is 11.3. The van der Waals surface area contributed by atoms with E-state index in [0.717, 1.165) is 0 Å². The molecule has 0 radical (unpaired) electrons. The summed E-state index contributed by atoms with van der Waals surface area (Å²) >= 11 is 0. The second-order valence-corrected chi connectivity index (χ2v) is 5.60. The van der Waals surface area contributed by atoms with E-state index in [-0.39, 0.29) is 23.8 Å². The fourth-order valence-corrected chi connectivity index (χ4v) is 3.40. The van der Waals surface area contributed by atoms with Crippen molar-refractivity contribution >= 4 is 17.6 Å². The molecule has 0 spiro atoms. The number of imidazole rings is 1. The second-order valence-electron chi connectivity index (χ2n) is 5.60. The topological polar surface area (TPSA) is 89.2 Å². The van der Waals surface area contributed by atoms with Gasteiger partial charge in [-0.2, -0.15) is 0 Å². The Balaban J connectivity index is 1.83. The third-order valence-electron chi connectivity index (χ3n) is 4.50. The molecule has 3 atom stereocenters. The minimum absolute atomic E-state index is 0.00923. The number of hydrogen-bond acceptors (Lipinski definition) is 6. The zero-order chi connectivity index (χ0) is 15.3. The third-order valence-corrected chi connectivity index (χ3v) is 4.50. The molecule has 1 N–H and O–H groups in total. The summed E-state index contributed by atoms with van der Waals surface area (Å²) in [4.78, 5) is 21.9. The largest absolute Gasteiger partial charge is 0.477 e. The molecule has 2 fully saturated rings. The average molecular weight is 304 g/mol. The van der Waals surface area contributed by atoms with Gasteiger partial charge in [0, 0.05) is 38.0 Å². The van der Waals surface area contributed by atoms with Gasteiger partial charge in [-0.1, -0.05) is 0 Å². The summed E-state index contributed by atoms with van der Waals surface area (Å²) < 4.78 is 12.9. The van der Waals surface area contributed by atoms with Crippen molar-refractivity contribution < 1.29 is 19.4 Å². The molecule has 116 valence electrons. The Morgan fingerprint density at radius 2 is 2.36 bits per heavy atom. The normalized spacial score (nSPS) is 27.5. The van der Waals surface area contributed by atoms with Gasteiger partial charge in [0.2, 0.25) is 5.95 Å². The number of carbonyl (C=O) groups is 1. The second kappa shape index (κ2) is 4.92. The van der Waals surface area contributed by atoms with Crippen molar-refractivity contribution in [2.75, 3.05) is 31.8 Å². The predicted octanol–water partition coefficient (Wildman–Crippen LogP) is 0.277. The van der Waals surface area contributed by atoms with Gasteiger partial charge in [0.05, 0.1) is 25.4 Å². The van der Waals surface area contributed by atoms with E-state index in [1.807, 2.05) is 0 Å². The first-order chi connectivity index (χ1) is 10.7. The Labute approximate surface area is 126 Å². The number of aromatic carboxylic acids is 1. The molecule has 4 heterocycles. The fraction of sp³-hybridized carbons (Fsp3) is 0.500. The summed E-state index contributed by atoms with van der Waals surface area (Å²) in [5.74, 6) is -0.209. The van der Waals surface area contributed by atoms with Gasteiger partial charge in [-0.05, 0) is 0 Å². The number of nitrogens with zero attached hydrogens (tertiary/aromatic N) is 4. The molecule has 4 rings (SSSR count). The lowest BCUT2D eigenvalue weighted by Crippen LogP contribution is -2.35. The lowest BCUT2D eigenvalue weighted by Gasteiger charge is -2.24. The smallest absolute Gasteiger partial charge is 0.354 e. The molecule has 2 aromatic heterocycles. The Hall–Kier alpha value is -2.19. The quantitative estimate of drug-likeness (QED) is 0.871. The molecule has 2 saturated heterocycles. The van der Waals surface area contributed by atoms with Crippen LogP contribution in [0, 0.1) is 5.92 Å². The third kappa shape index (κ3) is 1.87. The standard InChI is InChI=1S/C14H16N4O4/c1-21-11-5-18(10-7-22-6-8(10)11)14-16-9(13(19)20)4-12-15-2-3-17(12)14/h2-4,8,10-11H,5-7H2,1H3,(H,19,20)/t8-,10+,11-/m1/s1. The number of carboxylic acid groups (broad SMARTS) is 1. The van der Waals surface area contributed by atoms with E-state index in [4.69, 9.17) is 9.47 Å². The van der Waals surface area contributed by atoms with Crippen LogP contribution in [0.3, 0.4) is 0 Å². The van der Waals surface area contributed by atoms with Gasteiger partial charge in [-0.15, -0.1) is 0 Å². The van der Waals surface area contributed by atoms with Crippen LogP contribution in [0.5, 0.6) is 0 Å². The first-order valence-electron chi connectivity index (χ1n) is 7.13. The number of hydrogen-bond donors (Lipinski definition) is 1. The Kier molecular flexibility index (Phi) is 3.02. The van der Waals surface area contributed by atoms with Crippen molar-refractivity contribution in [3.05, 3.63) is 24.2 Å². The minimum Gasteiger partial charge on any atom is -0.477 e. The molecule has 0 aromatic carbocycles. The molecule has 0 aliphatic carbocycles. The molecule has 2 aliphatic rings. The number of aromatic nitrogens is 3. The van der Waals surface area contributed by atoms with Gasteiger partial charge >= 0.3 is 5.97 Å². The molecule has 8 heteroatoms. The van der Waals surface area contributed by atoms with Crippen molar-refractivity contribution in [1.82, 2.24) is 14.4 Å². The summed E-state index contributed by atoms with van der Waals surface area (Å²) in [6, 6.07) is 1.62. The van der Waals surface area contributed by atoms with Crippen molar-refractivity contribution in [3.8, 4) is 0 Å². The van der Waals surface area contributed by atoms with E-state index in [0.29, 0.717) is 31.4 Å². The highest BCUT2D eigenvalue weighted by atomic mass is 16.5. The van der Waals surface area contributed by atoms with E-state index in [2.05, 4.69) is 14.9 Å². The zero-order valence-electron chi connectivity index (χ0n) is 12.0. The maximum atomic E-state index is 11.3. The molecule has 0 amide bonds. The molecule has 22 heavy (non-hydrogen) atoms. The number of fused-ring (bicyclic) bond motifs is 2. The van der Waals surface area contributed by atoms with Crippen LogP contribution in [0.1, 0.15) is 10.5 Å². The number of methoxy groups -OCH3 is 1. The average Bonchev–Trinajstić information content (AvgIpc) is 3.21. The number of carboxylic acids is 1. The number of rotatable bonds is 3. The molecular formula is C14H16N4O4. The first kappa shape index (κ1) is 13.5. The molecule has 0 bridgehead atoms. The summed E-state index contributed by atoms with van der Waals surface area (Å²) in [6.07, 6.45) is 3.48. The summed E-state index contributed by atoms with van der Waals surface area (Å²) in [5, 5.41) is 9.27. The van der Waals surface area contributed by atoms with Crippen LogP contribution in [-0.2, 0) is 9.47 Å². The van der Waals surface area contributed by atoms with Gasteiger partial charge in [-0.25, -0.2) is 14.8 Å². The summed E-state index contributed by atoms with van der Waals surface area (Å²) in [7, 11) is 1.69. The van der Waals surface area contributed by atoms with Crippen LogP contribution >= 0.6 is 0 Å². The number of ether oxygens (including phenoxy) is 2. The number of anilines is 1. The van der Waals surface area contributed by atoms with Crippen LogP contribution in [0.25, 0.3) is 5.65 Å². The van der Waals surface area contributed by atoms with Crippen molar-refractivity contribution in [2.24, 2.45) is 5.92 Å². The van der Waals surface area contributed by atoms with Crippen molar-refractivity contribution in [1.29, 1.82) is 0 Å². The van der Waals surface area contributed by atoms with Crippen LogP contribution < -0.4 is 4.90 Å². The zero-order valence-corrected chi connectivity index (χ0v) is 12.0. The van der Waals surface area contributed by atoms with Gasteiger partial charge in [0.15, 0.2) is 5.69 Å². The maximum Gasteiger partial charge on any atom is 0.354 e. The highest BCUT2D eigenvalue weighted by Crippen LogP contribution is 2.34. The van der Waals surface area contributed by atoms with E-state index >= 15 is 0 Å². The van der Waals surface area contributed by atoms with Crippen LogP contribution in [-0.4, -0.2) is 64.5 Å². The molecule has 0 saturated carbocycles. The lowest BCUT2D eigenvalue weighted by molar-refractivity contribution is 0.0648. The highest BCUT2D eigenvalue weighted by Gasteiger charge is 2.47. The minimum atomic E-state index is -1.06. The molecule has 8 nitrogen and oxygen atoms in total. The Morgan fingerprint density at radius 3 is 3.14 bits per heavy atom. The fourth-order valence-electron chi connectivity index (χ4n) is 3.40. The lowest BCUT2D eigenvalue weighted by atomic mass is 10.0. The summed E-state index contributed by atoms with van der Waals surface area (Å²) in [5.41, 5.74) is 0.559.